The van der Waals surface area contributed by atoms with Crippen LogP contribution in [0.5, 0.6) is 0 Å². The number of fused-ring (bicyclic) bond motifs is 8. The van der Waals surface area contributed by atoms with Crippen LogP contribution in [0.25, 0.3) is 33.3 Å². The molecule has 5 aliphatic rings. The van der Waals surface area contributed by atoms with Crippen molar-refractivity contribution in [2.45, 2.75) is 85.2 Å². The molecule has 7 heterocycles. The first-order valence-electron chi connectivity index (χ1n) is 21.1. The number of aromatic nitrogens is 4. The fraction of sp³-hybridized carbons (Fsp3) is 0.533. The second kappa shape index (κ2) is 18.3. The summed E-state index contributed by atoms with van der Waals surface area (Å²) in [6, 6.07) is 6.10. The molecule has 0 aliphatic carbocycles. The number of aryl methyl sites for hydroxylation is 1. The smallest absolute Gasteiger partial charge is 0.305 e. The second-order valence-corrected chi connectivity index (χ2v) is 16.0. The zero-order valence-corrected chi connectivity index (χ0v) is 35.6. The summed E-state index contributed by atoms with van der Waals surface area (Å²) in [6.07, 6.45) is 1.65. The lowest BCUT2D eigenvalue weighted by Crippen LogP contribution is -2.43. The number of aromatic amines is 2. The second-order valence-electron chi connectivity index (χ2n) is 16.0. The maximum atomic E-state index is 15.0. The largest absolute Gasteiger partial charge is 0.469 e. The molecular formula is C45H59N7O7. The summed E-state index contributed by atoms with van der Waals surface area (Å²) in [7, 11) is 1.39. The molecule has 2 aromatic rings. The summed E-state index contributed by atoms with van der Waals surface area (Å²) in [4.78, 5) is 63.5. The molecule has 0 radical (unpaired) electrons. The van der Waals surface area contributed by atoms with Gasteiger partial charge in [-0.15, -0.1) is 0 Å². The molecule has 1 unspecified atom stereocenters. The summed E-state index contributed by atoms with van der Waals surface area (Å²) in [5.41, 5.74) is 17.2. The zero-order valence-electron chi connectivity index (χ0n) is 35.6. The molecule has 1 saturated heterocycles. The number of morpholine rings is 1. The minimum atomic E-state index is -0.362. The minimum absolute atomic E-state index is 0.142. The van der Waals surface area contributed by atoms with E-state index in [0.29, 0.717) is 80.3 Å². The van der Waals surface area contributed by atoms with E-state index in [-0.39, 0.29) is 48.7 Å². The quantitative estimate of drug-likeness (QED) is 0.107. The van der Waals surface area contributed by atoms with Crippen molar-refractivity contribution in [1.82, 2.24) is 29.7 Å². The zero-order chi connectivity index (χ0) is 42.0. The van der Waals surface area contributed by atoms with Gasteiger partial charge in [-0.3, -0.25) is 24.2 Å². The third-order valence-corrected chi connectivity index (χ3v) is 12.5. The van der Waals surface area contributed by atoms with Gasteiger partial charge in [0.15, 0.2) is 0 Å². The van der Waals surface area contributed by atoms with Crippen molar-refractivity contribution in [2.24, 2.45) is 5.73 Å². The van der Waals surface area contributed by atoms with Crippen molar-refractivity contribution in [3.63, 3.8) is 0 Å². The normalized spacial score (nSPS) is 19.5. The number of allylic oxidation sites excluding steroid dienone is 3. The number of nitrogens with two attached hydrogens (primary N) is 1. The molecule has 4 N–H and O–H groups in total. The van der Waals surface area contributed by atoms with Crippen LogP contribution in [0.4, 0.5) is 0 Å². The van der Waals surface area contributed by atoms with E-state index in [2.05, 4.69) is 48.6 Å². The monoisotopic (exact) mass is 809 g/mol. The molecule has 316 valence electrons. The van der Waals surface area contributed by atoms with Crippen LogP contribution in [0.3, 0.4) is 0 Å². The van der Waals surface area contributed by atoms with Crippen LogP contribution in [0.15, 0.2) is 18.2 Å². The summed E-state index contributed by atoms with van der Waals surface area (Å²) in [6.45, 7) is 18.1. The van der Waals surface area contributed by atoms with E-state index in [0.717, 1.165) is 82.4 Å². The van der Waals surface area contributed by atoms with Crippen LogP contribution < -0.4 is 5.73 Å². The maximum absolute atomic E-state index is 15.0. The van der Waals surface area contributed by atoms with E-state index < -0.39 is 0 Å². The lowest BCUT2D eigenvalue weighted by atomic mass is 9.84. The summed E-state index contributed by atoms with van der Waals surface area (Å²) < 4.78 is 22.5. The van der Waals surface area contributed by atoms with E-state index in [9.17, 15) is 14.4 Å². The molecule has 14 nitrogen and oxygen atoms in total. The number of carbonyl (C=O) groups is 3. The van der Waals surface area contributed by atoms with Crippen LogP contribution in [-0.4, -0.2) is 126 Å². The Kier molecular flexibility index (Phi) is 13.1. The molecule has 2 aromatic heterocycles. The first-order chi connectivity index (χ1) is 28.5. The number of amides is 2. The van der Waals surface area contributed by atoms with Crippen LogP contribution >= 0.6 is 0 Å². The minimum Gasteiger partial charge on any atom is -0.469 e. The highest BCUT2D eigenvalue weighted by atomic mass is 16.5. The number of nitrogens with zero attached hydrogens (tertiary/aromatic N) is 4. The molecule has 3 atom stereocenters. The highest BCUT2D eigenvalue weighted by Crippen LogP contribution is 2.45. The van der Waals surface area contributed by atoms with Crippen LogP contribution in [-0.2, 0) is 23.7 Å². The van der Waals surface area contributed by atoms with E-state index in [1.165, 1.54) is 12.0 Å². The first-order valence-corrected chi connectivity index (χ1v) is 21.1. The van der Waals surface area contributed by atoms with Gasteiger partial charge in [0.25, 0.3) is 11.8 Å². The molecular weight excluding hydrogens is 751 g/mol. The van der Waals surface area contributed by atoms with Crippen LogP contribution in [0.1, 0.15) is 133 Å². The molecule has 5 aliphatic heterocycles. The molecule has 59 heavy (non-hydrogen) atoms. The van der Waals surface area contributed by atoms with Gasteiger partial charge in [-0.2, -0.15) is 0 Å². The number of esters is 1. The van der Waals surface area contributed by atoms with Gasteiger partial charge in [-0.1, -0.05) is 13.8 Å². The molecule has 0 aromatic carbocycles. The SMILES string of the molecule is CCC1=C(C)c2cc3nc(cc4[nH]c(c5c6[nH]c(cc1n2)c(C)c6C(=O)N(CCCN1CCOCC1)C5=O)[C@@H](CCC(=O)OC)[C@@H]4C)C(C)=C3C(C)OCCOCCN. The molecule has 0 spiro atoms. The van der Waals surface area contributed by atoms with E-state index in [4.69, 9.17) is 34.6 Å². The lowest BCUT2D eigenvalue weighted by molar-refractivity contribution is -0.140. The average Bonchev–Trinajstić information content (AvgIpc) is 3.91. The number of carbonyl (C=O) groups excluding carboxylic acids is 3. The summed E-state index contributed by atoms with van der Waals surface area (Å²) >= 11 is 0. The highest BCUT2D eigenvalue weighted by molar-refractivity contribution is 6.23. The topological polar surface area (TPSA) is 178 Å². The average molecular weight is 810 g/mol. The Balaban J connectivity index is 1.45. The summed E-state index contributed by atoms with van der Waals surface area (Å²) in [5.74, 6) is -1.42. The third kappa shape index (κ3) is 8.38. The predicted octanol–water partition coefficient (Wildman–Crippen LogP) is 6.16. The van der Waals surface area contributed by atoms with Gasteiger partial charge in [-0.05, 0) is 87.4 Å². The molecule has 7 rings (SSSR count). The van der Waals surface area contributed by atoms with E-state index in [1.807, 2.05) is 26.0 Å². The molecule has 0 saturated carbocycles. The Hall–Kier alpha value is -4.73. The fourth-order valence-electron chi connectivity index (χ4n) is 9.09. The third-order valence-electron chi connectivity index (χ3n) is 12.5. The van der Waals surface area contributed by atoms with Crippen molar-refractivity contribution in [3.05, 3.63) is 69.1 Å². The van der Waals surface area contributed by atoms with Gasteiger partial charge in [0.1, 0.15) is 0 Å². The highest BCUT2D eigenvalue weighted by Gasteiger charge is 2.40. The van der Waals surface area contributed by atoms with Gasteiger partial charge in [0.2, 0.25) is 0 Å². The van der Waals surface area contributed by atoms with Gasteiger partial charge < -0.3 is 34.6 Å². The number of H-pyrrole nitrogens is 2. The van der Waals surface area contributed by atoms with Gasteiger partial charge in [-0.25, -0.2) is 9.97 Å². The standard InChI is InChI=1S/C45H59N7O7/c1-8-30-25(2)32-24-37-39(29(6)59-21-20-57-17-12-46)27(4)34(48-37)22-33-26(3)31(10-11-38(53)56-7)42(49-33)41-43-40(28(5)35(50-43)23-36(30)47-32)44(54)52(45(41)55)14-9-13-51-15-18-58-19-16-51/h22-24,26,29,31,49-50H,8-21,46H2,1-7H3/t26-,29?,31-/m0/s1. The Bertz CT molecular complexity index is 2250. The molecule has 8 bridgehead atoms. The van der Waals surface area contributed by atoms with Crippen molar-refractivity contribution < 1.29 is 33.3 Å². The first kappa shape index (κ1) is 42.4. The molecule has 1 fully saturated rings. The van der Waals surface area contributed by atoms with Crippen LogP contribution in [0.2, 0.25) is 0 Å². The lowest BCUT2D eigenvalue weighted by Gasteiger charge is -2.29. The number of imide groups is 1. The molecule has 2 amide bonds. The maximum Gasteiger partial charge on any atom is 0.305 e. The predicted molar refractivity (Wildman–Crippen MR) is 227 cm³/mol. The van der Waals surface area contributed by atoms with Crippen molar-refractivity contribution in [2.75, 3.05) is 72.9 Å². The van der Waals surface area contributed by atoms with Gasteiger partial charge in [0.05, 0.1) is 85.7 Å². The number of hydrogen-bond acceptors (Lipinski definition) is 11. The van der Waals surface area contributed by atoms with Crippen molar-refractivity contribution in [3.8, 4) is 0 Å². The molecule has 14 heteroatoms. The Labute approximate surface area is 346 Å². The Morgan fingerprint density at radius 1 is 0.949 bits per heavy atom. The van der Waals surface area contributed by atoms with Crippen molar-refractivity contribution in [1.29, 1.82) is 0 Å². The summed E-state index contributed by atoms with van der Waals surface area (Å²) in [5, 5.41) is 0. The Morgan fingerprint density at radius 3 is 2.41 bits per heavy atom. The number of ether oxygens (including phenoxy) is 4. The van der Waals surface area contributed by atoms with E-state index >= 15 is 0 Å². The number of methoxy groups -OCH3 is 1. The van der Waals surface area contributed by atoms with Gasteiger partial charge in [0, 0.05) is 73.5 Å². The van der Waals surface area contributed by atoms with E-state index in [1.54, 1.807) is 0 Å². The van der Waals surface area contributed by atoms with Crippen LogP contribution in [0, 0.1) is 6.92 Å². The number of rotatable bonds is 15. The fourth-order valence-corrected chi connectivity index (χ4v) is 9.09. The van der Waals surface area contributed by atoms with Crippen molar-refractivity contribution >= 4 is 51.1 Å². The Morgan fingerprint density at radius 2 is 1.68 bits per heavy atom. The number of nitrogens with one attached hydrogen (secondary N) is 2. The van der Waals surface area contributed by atoms with Gasteiger partial charge >= 0.3 is 5.97 Å². The number of hydrogen-bond donors (Lipinski definition) is 3.